The largest absolute Gasteiger partial charge is 0.492 e. The van der Waals surface area contributed by atoms with E-state index in [2.05, 4.69) is 33.5 Å². The van der Waals surface area contributed by atoms with Crippen LogP contribution in [-0.2, 0) is 0 Å². The highest BCUT2D eigenvalue weighted by Gasteiger charge is 1.95. The van der Waals surface area contributed by atoms with Crippen LogP contribution in [0.5, 0.6) is 5.75 Å². The fourth-order valence-electron chi connectivity index (χ4n) is 1.23. The summed E-state index contributed by atoms with van der Waals surface area (Å²) in [4.78, 5) is 4.03. The molecule has 0 atom stereocenters. The molecule has 0 saturated carbocycles. The van der Waals surface area contributed by atoms with Crippen molar-refractivity contribution in [3.05, 3.63) is 22.9 Å². The second kappa shape index (κ2) is 7.99. The number of nitrogens with zero attached hydrogens (tertiary/aromatic N) is 1. The van der Waals surface area contributed by atoms with Crippen LogP contribution in [-0.4, -0.2) is 17.3 Å². The van der Waals surface area contributed by atoms with Gasteiger partial charge < -0.3 is 4.74 Å². The van der Waals surface area contributed by atoms with Gasteiger partial charge in [-0.1, -0.05) is 12.8 Å². The first-order chi connectivity index (χ1) is 7.33. The van der Waals surface area contributed by atoms with Crippen LogP contribution in [0.25, 0.3) is 0 Å². The Bertz CT molecular complexity index is 283. The number of hydrogen-bond donors (Lipinski definition) is 1. The fourth-order valence-corrected chi connectivity index (χ4v) is 1.80. The highest BCUT2D eigenvalue weighted by molar-refractivity contribution is 9.10. The van der Waals surface area contributed by atoms with Gasteiger partial charge in [-0.2, -0.15) is 12.6 Å². The van der Waals surface area contributed by atoms with Crippen LogP contribution >= 0.6 is 28.6 Å². The first-order valence-corrected chi connectivity index (χ1v) is 6.59. The summed E-state index contributed by atoms with van der Waals surface area (Å²) < 4.78 is 6.51. The van der Waals surface area contributed by atoms with Crippen LogP contribution in [0.3, 0.4) is 0 Å². The Morgan fingerprint density at radius 1 is 1.20 bits per heavy atom. The van der Waals surface area contributed by atoms with E-state index in [1.54, 1.807) is 12.4 Å². The molecule has 1 rings (SSSR count). The van der Waals surface area contributed by atoms with Gasteiger partial charge >= 0.3 is 0 Å². The lowest BCUT2D eigenvalue weighted by molar-refractivity contribution is 0.304. The molecule has 0 saturated heterocycles. The summed E-state index contributed by atoms with van der Waals surface area (Å²) in [6, 6.07) is 1.93. The number of ether oxygens (including phenoxy) is 1. The lowest BCUT2D eigenvalue weighted by atomic mass is 10.2. The van der Waals surface area contributed by atoms with Crippen LogP contribution in [0.15, 0.2) is 22.9 Å². The van der Waals surface area contributed by atoms with Gasteiger partial charge in [0.1, 0.15) is 5.75 Å². The minimum atomic E-state index is 0.769. The van der Waals surface area contributed by atoms with Crippen molar-refractivity contribution in [1.29, 1.82) is 0 Å². The van der Waals surface area contributed by atoms with Crippen molar-refractivity contribution in [3.8, 4) is 5.75 Å². The normalized spacial score (nSPS) is 10.3. The van der Waals surface area contributed by atoms with E-state index >= 15 is 0 Å². The van der Waals surface area contributed by atoms with E-state index in [-0.39, 0.29) is 0 Å². The van der Waals surface area contributed by atoms with Gasteiger partial charge in [0, 0.05) is 10.7 Å². The average molecular weight is 290 g/mol. The Labute approximate surface area is 105 Å². The number of aromatic nitrogens is 1. The van der Waals surface area contributed by atoms with E-state index in [0.717, 1.165) is 29.0 Å². The van der Waals surface area contributed by atoms with E-state index in [9.17, 15) is 0 Å². The minimum Gasteiger partial charge on any atom is -0.492 e. The van der Waals surface area contributed by atoms with Crippen LogP contribution in [0.1, 0.15) is 25.7 Å². The molecular formula is C11H16BrNOS. The average Bonchev–Trinajstić information content (AvgIpc) is 2.23. The molecule has 1 heterocycles. The van der Waals surface area contributed by atoms with Crippen LogP contribution in [0, 0.1) is 0 Å². The Morgan fingerprint density at radius 2 is 2.00 bits per heavy atom. The van der Waals surface area contributed by atoms with Gasteiger partial charge in [-0.15, -0.1) is 0 Å². The molecule has 0 radical (unpaired) electrons. The van der Waals surface area contributed by atoms with Crippen LogP contribution in [0.2, 0.25) is 0 Å². The number of unbranched alkanes of at least 4 members (excludes halogenated alkanes) is 3. The third-order valence-electron chi connectivity index (χ3n) is 2.00. The second-order valence-corrected chi connectivity index (χ2v) is 4.69. The third-order valence-corrected chi connectivity index (χ3v) is 2.75. The molecule has 15 heavy (non-hydrogen) atoms. The topological polar surface area (TPSA) is 22.1 Å². The molecule has 0 spiro atoms. The molecule has 0 unspecified atom stereocenters. The predicted octanol–water partition coefficient (Wildman–Crippen LogP) is 3.71. The summed E-state index contributed by atoms with van der Waals surface area (Å²) in [5, 5.41) is 0. The zero-order valence-electron chi connectivity index (χ0n) is 8.66. The van der Waals surface area contributed by atoms with E-state index in [4.69, 9.17) is 4.74 Å². The van der Waals surface area contributed by atoms with Crippen molar-refractivity contribution in [1.82, 2.24) is 4.98 Å². The lowest BCUT2D eigenvalue weighted by Crippen LogP contribution is -1.97. The molecular weight excluding hydrogens is 274 g/mol. The SMILES string of the molecule is SCCCCCCOc1cncc(Br)c1. The van der Waals surface area contributed by atoms with E-state index in [1.165, 1.54) is 19.3 Å². The number of thiol groups is 1. The van der Waals surface area contributed by atoms with Gasteiger partial charge in [0.15, 0.2) is 0 Å². The number of hydrogen-bond acceptors (Lipinski definition) is 3. The Morgan fingerprint density at radius 3 is 2.73 bits per heavy atom. The summed E-state index contributed by atoms with van der Waals surface area (Å²) >= 11 is 7.52. The minimum absolute atomic E-state index is 0.769. The number of pyridine rings is 1. The molecule has 2 nitrogen and oxygen atoms in total. The molecule has 4 heteroatoms. The van der Waals surface area contributed by atoms with Gasteiger partial charge in [-0.3, -0.25) is 4.98 Å². The third kappa shape index (κ3) is 6.05. The Hall–Kier alpha value is -0.220. The first-order valence-electron chi connectivity index (χ1n) is 5.17. The zero-order valence-corrected chi connectivity index (χ0v) is 11.1. The van der Waals surface area contributed by atoms with Gasteiger partial charge in [0.25, 0.3) is 0 Å². The molecule has 0 N–H and O–H groups in total. The fraction of sp³-hybridized carbons (Fsp3) is 0.545. The van der Waals surface area contributed by atoms with Crippen molar-refractivity contribution in [2.75, 3.05) is 12.4 Å². The van der Waals surface area contributed by atoms with Crippen LogP contribution < -0.4 is 4.74 Å². The second-order valence-electron chi connectivity index (χ2n) is 3.33. The summed E-state index contributed by atoms with van der Waals surface area (Å²) in [7, 11) is 0. The zero-order chi connectivity index (χ0) is 10.9. The summed E-state index contributed by atoms with van der Waals surface area (Å²) in [5.74, 6) is 1.81. The molecule has 0 aliphatic rings. The predicted molar refractivity (Wildman–Crippen MR) is 69.8 cm³/mol. The standard InChI is InChI=1S/C11H16BrNOS/c12-10-7-11(9-13-8-10)14-5-3-1-2-4-6-15/h7-9,15H,1-6H2. The number of halogens is 1. The quantitative estimate of drug-likeness (QED) is 0.611. The highest BCUT2D eigenvalue weighted by atomic mass is 79.9. The lowest BCUT2D eigenvalue weighted by Gasteiger charge is -2.05. The van der Waals surface area contributed by atoms with Crippen molar-refractivity contribution in [2.24, 2.45) is 0 Å². The Balaban J connectivity index is 2.10. The first kappa shape index (κ1) is 12.8. The van der Waals surface area contributed by atoms with Crippen LogP contribution in [0.4, 0.5) is 0 Å². The molecule has 84 valence electrons. The molecule has 0 aromatic carbocycles. The maximum absolute atomic E-state index is 5.56. The molecule has 0 aliphatic heterocycles. The molecule has 1 aromatic heterocycles. The van der Waals surface area contributed by atoms with Gasteiger partial charge in [0.2, 0.25) is 0 Å². The number of rotatable bonds is 7. The van der Waals surface area contributed by atoms with E-state index < -0.39 is 0 Å². The monoisotopic (exact) mass is 289 g/mol. The summed E-state index contributed by atoms with van der Waals surface area (Å²) in [5.41, 5.74) is 0. The van der Waals surface area contributed by atoms with Crippen molar-refractivity contribution < 1.29 is 4.74 Å². The van der Waals surface area contributed by atoms with Gasteiger partial charge in [-0.05, 0) is 40.6 Å². The molecule has 0 aliphatic carbocycles. The summed E-state index contributed by atoms with van der Waals surface area (Å²) in [6.45, 7) is 0.769. The van der Waals surface area contributed by atoms with E-state index in [0.29, 0.717) is 0 Å². The van der Waals surface area contributed by atoms with Crippen molar-refractivity contribution in [3.63, 3.8) is 0 Å². The highest BCUT2D eigenvalue weighted by Crippen LogP contribution is 2.16. The van der Waals surface area contributed by atoms with Crippen molar-refractivity contribution in [2.45, 2.75) is 25.7 Å². The smallest absolute Gasteiger partial charge is 0.138 e. The van der Waals surface area contributed by atoms with Gasteiger partial charge in [-0.25, -0.2) is 0 Å². The van der Waals surface area contributed by atoms with Crippen molar-refractivity contribution >= 4 is 28.6 Å². The maximum Gasteiger partial charge on any atom is 0.138 e. The van der Waals surface area contributed by atoms with Gasteiger partial charge in [0.05, 0.1) is 12.8 Å². The molecule has 0 bridgehead atoms. The molecule has 0 amide bonds. The Kier molecular flexibility index (Phi) is 6.85. The summed E-state index contributed by atoms with van der Waals surface area (Å²) in [6.07, 6.45) is 8.23. The molecule has 0 fully saturated rings. The van der Waals surface area contributed by atoms with E-state index in [1.807, 2.05) is 6.07 Å². The molecule has 1 aromatic rings. The maximum atomic E-state index is 5.56.